The molecule has 1 unspecified atom stereocenters. The zero-order valence-corrected chi connectivity index (χ0v) is 19.2. The lowest BCUT2D eigenvalue weighted by molar-refractivity contribution is 0.198. The van der Waals surface area contributed by atoms with Crippen molar-refractivity contribution < 1.29 is 14.3 Å². The summed E-state index contributed by atoms with van der Waals surface area (Å²) in [6.45, 7) is 1.19. The topological polar surface area (TPSA) is 97.6 Å². The molecule has 1 atom stereocenters. The van der Waals surface area contributed by atoms with E-state index in [1.165, 1.54) is 6.42 Å². The van der Waals surface area contributed by atoms with Gasteiger partial charge in [-0.1, -0.05) is 54.6 Å². The molecule has 2 aromatic carbocycles. The van der Waals surface area contributed by atoms with Gasteiger partial charge in [-0.15, -0.1) is 0 Å². The molecule has 3 N–H and O–H groups in total. The third-order valence-electron chi connectivity index (χ3n) is 7.18. The standard InChI is InChI=1S/C27H28N4O3/c1-33-24-22-21(17-6-3-2-4-7-17)23(18-8-10-19(11-9-18)27(28)13-5-14-27)34-25(22)30-26(29-24)31-15-12-20(32)16-31/h2-4,6-11,20,32H,5,12-16,28H2,1H3. The van der Waals surface area contributed by atoms with Crippen LogP contribution in [0.25, 0.3) is 33.6 Å². The van der Waals surface area contributed by atoms with Crippen LogP contribution < -0.4 is 15.4 Å². The fraction of sp³-hybridized carbons (Fsp3) is 0.333. The van der Waals surface area contributed by atoms with E-state index in [2.05, 4.69) is 36.4 Å². The number of methoxy groups -OCH3 is 1. The van der Waals surface area contributed by atoms with Crippen LogP contribution in [0.5, 0.6) is 5.88 Å². The van der Waals surface area contributed by atoms with E-state index < -0.39 is 0 Å². The molecular weight excluding hydrogens is 428 g/mol. The Kier molecular flexibility index (Phi) is 5.04. The van der Waals surface area contributed by atoms with Gasteiger partial charge < -0.3 is 24.9 Å². The van der Waals surface area contributed by atoms with Crippen LogP contribution in [0.2, 0.25) is 0 Å². The van der Waals surface area contributed by atoms with Gasteiger partial charge in [-0.25, -0.2) is 0 Å². The summed E-state index contributed by atoms with van der Waals surface area (Å²) < 4.78 is 12.2. The Labute approximate surface area is 198 Å². The van der Waals surface area contributed by atoms with E-state index in [0.717, 1.165) is 46.2 Å². The van der Waals surface area contributed by atoms with Gasteiger partial charge in [0.25, 0.3) is 0 Å². The number of hydrogen-bond acceptors (Lipinski definition) is 7. The largest absolute Gasteiger partial charge is 0.480 e. The van der Waals surface area contributed by atoms with Gasteiger partial charge in [0.1, 0.15) is 11.1 Å². The van der Waals surface area contributed by atoms with E-state index in [4.69, 9.17) is 24.9 Å². The maximum atomic E-state index is 9.99. The Hall–Kier alpha value is -3.42. The number of aliphatic hydroxyl groups excluding tert-OH is 1. The lowest BCUT2D eigenvalue weighted by Crippen LogP contribution is -2.43. The van der Waals surface area contributed by atoms with Gasteiger partial charge in [0.05, 0.1) is 13.2 Å². The number of fused-ring (bicyclic) bond motifs is 1. The number of rotatable bonds is 5. The molecule has 7 heteroatoms. The minimum atomic E-state index is -0.377. The molecule has 0 radical (unpaired) electrons. The number of benzene rings is 2. The van der Waals surface area contributed by atoms with Gasteiger partial charge in [-0.2, -0.15) is 9.97 Å². The second-order valence-electron chi connectivity index (χ2n) is 9.36. The highest BCUT2D eigenvalue weighted by molar-refractivity contribution is 6.03. The number of β-amino-alcohol motifs (C(OH)–C–C–N with tert-alkyl or cyclic N) is 1. The Morgan fingerprint density at radius 3 is 2.44 bits per heavy atom. The number of nitrogens with zero attached hydrogens (tertiary/aromatic N) is 3. The van der Waals surface area contributed by atoms with Crippen LogP contribution in [0.15, 0.2) is 59.0 Å². The number of ether oxygens (including phenoxy) is 1. The van der Waals surface area contributed by atoms with Crippen molar-refractivity contribution >= 4 is 17.0 Å². The molecule has 6 rings (SSSR count). The average Bonchev–Trinajstić information content (AvgIpc) is 3.46. The minimum absolute atomic E-state index is 0.210. The lowest BCUT2D eigenvalue weighted by atomic mass is 9.72. The van der Waals surface area contributed by atoms with E-state index >= 15 is 0 Å². The first-order valence-corrected chi connectivity index (χ1v) is 11.8. The van der Waals surface area contributed by atoms with Gasteiger partial charge in [0.15, 0.2) is 0 Å². The van der Waals surface area contributed by atoms with Crippen molar-refractivity contribution in [3.8, 4) is 28.3 Å². The SMILES string of the molecule is COc1nc(N2CCC(O)C2)nc2oc(-c3ccc(C4(N)CCC4)cc3)c(-c3ccccc3)c12. The number of aromatic nitrogens is 2. The molecule has 2 aromatic heterocycles. The number of aliphatic hydroxyl groups is 1. The number of nitrogens with two attached hydrogens (primary N) is 1. The predicted octanol–water partition coefficient (Wildman–Crippen LogP) is 4.47. The molecule has 0 amide bonds. The normalized spacial score (nSPS) is 19.4. The van der Waals surface area contributed by atoms with Crippen LogP contribution in [0.1, 0.15) is 31.2 Å². The van der Waals surface area contributed by atoms with Crippen LogP contribution >= 0.6 is 0 Å². The third-order valence-corrected chi connectivity index (χ3v) is 7.18. The molecule has 0 bridgehead atoms. The fourth-order valence-corrected chi connectivity index (χ4v) is 5.05. The first kappa shape index (κ1) is 21.1. The van der Waals surface area contributed by atoms with Gasteiger partial charge >= 0.3 is 0 Å². The molecule has 1 saturated heterocycles. The summed E-state index contributed by atoms with van der Waals surface area (Å²) in [6.07, 6.45) is 3.53. The lowest BCUT2D eigenvalue weighted by Gasteiger charge is -2.38. The second kappa shape index (κ2) is 8.11. The molecule has 7 nitrogen and oxygen atoms in total. The van der Waals surface area contributed by atoms with Crippen molar-refractivity contribution in [2.45, 2.75) is 37.3 Å². The molecule has 2 aliphatic rings. The van der Waals surface area contributed by atoms with Crippen LogP contribution in [0.4, 0.5) is 5.95 Å². The highest BCUT2D eigenvalue weighted by Crippen LogP contribution is 2.45. The molecule has 1 aliphatic heterocycles. The van der Waals surface area contributed by atoms with E-state index in [1.54, 1.807) is 7.11 Å². The molecular formula is C27H28N4O3. The van der Waals surface area contributed by atoms with Gasteiger partial charge in [0, 0.05) is 29.8 Å². The summed E-state index contributed by atoms with van der Waals surface area (Å²) >= 11 is 0. The van der Waals surface area contributed by atoms with Crippen molar-refractivity contribution in [2.24, 2.45) is 5.73 Å². The van der Waals surface area contributed by atoms with E-state index in [1.807, 2.05) is 23.1 Å². The molecule has 0 spiro atoms. The number of hydrogen-bond donors (Lipinski definition) is 2. The molecule has 174 valence electrons. The van der Waals surface area contributed by atoms with Gasteiger partial charge in [0.2, 0.25) is 17.5 Å². The molecule has 3 heterocycles. The Bertz CT molecular complexity index is 1330. The van der Waals surface area contributed by atoms with E-state index in [9.17, 15) is 5.11 Å². The summed E-state index contributed by atoms with van der Waals surface area (Å²) in [6, 6.07) is 18.5. The number of anilines is 1. The zero-order valence-electron chi connectivity index (χ0n) is 19.2. The average molecular weight is 457 g/mol. The highest BCUT2D eigenvalue weighted by Gasteiger charge is 2.34. The van der Waals surface area contributed by atoms with Crippen LogP contribution in [-0.4, -0.2) is 41.4 Å². The molecule has 4 aromatic rings. The first-order chi connectivity index (χ1) is 16.6. The minimum Gasteiger partial charge on any atom is -0.480 e. The van der Waals surface area contributed by atoms with Crippen molar-refractivity contribution in [3.63, 3.8) is 0 Å². The molecule has 1 aliphatic carbocycles. The summed E-state index contributed by atoms with van der Waals surface area (Å²) in [5.74, 6) is 1.69. The van der Waals surface area contributed by atoms with Crippen molar-refractivity contribution in [1.29, 1.82) is 0 Å². The third kappa shape index (κ3) is 3.43. The summed E-state index contributed by atoms with van der Waals surface area (Å²) in [7, 11) is 1.61. The summed E-state index contributed by atoms with van der Waals surface area (Å²) in [5.41, 5.74) is 10.8. The van der Waals surface area contributed by atoms with Crippen LogP contribution in [0.3, 0.4) is 0 Å². The Morgan fingerprint density at radius 1 is 1.06 bits per heavy atom. The quantitative estimate of drug-likeness (QED) is 0.457. The maximum Gasteiger partial charge on any atom is 0.236 e. The molecule has 34 heavy (non-hydrogen) atoms. The smallest absolute Gasteiger partial charge is 0.236 e. The van der Waals surface area contributed by atoms with E-state index in [0.29, 0.717) is 37.1 Å². The maximum absolute atomic E-state index is 9.99. The summed E-state index contributed by atoms with van der Waals surface area (Å²) in [4.78, 5) is 11.4. The van der Waals surface area contributed by atoms with Crippen LogP contribution in [0, 0.1) is 0 Å². The predicted molar refractivity (Wildman–Crippen MR) is 132 cm³/mol. The van der Waals surface area contributed by atoms with Gasteiger partial charge in [-0.3, -0.25) is 0 Å². The van der Waals surface area contributed by atoms with E-state index in [-0.39, 0.29) is 11.6 Å². The van der Waals surface area contributed by atoms with Crippen molar-refractivity contribution in [1.82, 2.24) is 9.97 Å². The molecule has 2 fully saturated rings. The monoisotopic (exact) mass is 456 g/mol. The first-order valence-electron chi connectivity index (χ1n) is 11.8. The zero-order chi connectivity index (χ0) is 23.3. The Morgan fingerprint density at radius 2 is 1.82 bits per heavy atom. The van der Waals surface area contributed by atoms with Crippen molar-refractivity contribution in [3.05, 3.63) is 60.2 Å². The van der Waals surface area contributed by atoms with Crippen molar-refractivity contribution in [2.75, 3.05) is 25.1 Å². The summed E-state index contributed by atoms with van der Waals surface area (Å²) in [5, 5.41) is 10.7. The molecule has 1 saturated carbocycles. The fourth-order valence-electron chi connectivity index (χ4n) is 5.05. The second-order valence-corrected chi connectivity index (χ2v) is 9.36. The van der Waals surface area contributed by atoms with Crippen LogP contribution in [-0.2, 0) is 5.54 Å². The Balaban J connectivity index is 1.53. The highest BCUT2D eigenvalue weighted by atomic mass is 16.5. The number of furan rings is 1. The van der Waals surface area contributed by atoms with Gasteiger partial charge in [-0.05, 0) is 36.8 Å².